The van der Waals surface area contributed by atoms with E-state index in [4.69, 9.17) is 9.47 Å². The minimum Gasteiger partial charge on any atom is -0.452 e. The van der Waals surface area contributed by atoms with Gasteiger partial charge < -0.3 is 9.47 Å². The topological polar surface area (TPSA) is 52.6 Å². The fraction of sp³-hybridized carbons (Fsp3) is 0.304. The third-order valence-electron chi connectivity index (χ3n) is 5.25. The molecule has 4 rings (SSSR count). The average Bonchev–Trinajstić information content (AvgIpc) is 2.98. The summed E-state index contributed by atoms with van der Waals surface area (Å²) in [6.07, 6.45) is 6.50. The van der Waals surface area contributed by atoms with Crippen molar-refractivity contribution in [1.82, 2.24) is 0 Å². The van der Waals surface area contributed by atoms with Crippen molar-refractivity contribution in [2.24, 2.45) is 5.92 Å². The SMILES string of the molecule is Cc1cc(OC(=O)C2CCCCC2)cc2c1C(=O)/C(=C/c1cccc(F)c1)O2. The Morgan fingerprint density at radius 2 is 1.96 bits per heavy atom. The molecule has 5 heteroatoms. The average molecular weight is 380 g/mol. The first-order chi connectivity index (χ1) is 13.5. The smallest absolute Gasteiger partial charge is 0.314 e. The van der Waals surface area contributed by atoms with Crippen LogP contribution in [0.25, 0.3) is 6.08 Å². The Bertz CT molecular complexity index is 971. The van der Waals surface area contributed by atoms with Crippen LogP contribution >= 0.6 is 0 Å². The Morgan fingerprint density at radius 1 is 1.18 bits per heavy atom. The lowest BCUT2D eigenvalue weighted by molar-refractivity contribution is -0.139. The third-order valence-corrected chi connectivity index (χ3v) is 5.25. The van der Waals surface area contributed by atoms with Crippen LogP contribution in [-0.4, -0.2) is 11.8 Å². The lowest BCUT2D eigenvalue weighted by Crippen LogP contribution is -2.22. The monoisotopic (exact) mass is 380 g/mol. The number of rotatable bonds is 3. The van der Waals surface area contributed by atoms with Crippen molar-refractivity contribution < 1.29 is 23.5 Å². The highest BCUT2D eigenvalue weighted by Crippen LogP contribution is 2.38. The van der Waals surface area contributed by atoms with Crippen molar-refractivity contribution in [3.05, 3.63) is 64.7 Å². The molecule has 144 valence electrons. The highest BCUT2D eigenvalue weighted by Gasteiger charge is 2.31. The number of ketones is 1. The number of aryl methyl sites for hydroxylation is 1. The van der Waals surface area contributed by atoms with Crippen molar-refractivity contribution in [3.63, 3.8) is 0 Å². The molecule has 0 bridgehead atoms. The molecule has 0 spiro atoms. The molecule has 2 aliphatic rings. The molecule has 2 aromatic rings. The second-order valence-electron chi connectivity index (χ2n) is 7.36. The summed E-state index contributed by atoms with van der Waals surface area (Å²) in [5, 5.41) is 0. The Morgan fingerprint density at radius 3 is 2.71 bits per heavy atom. The highest BCUT2D eigenvalue weighted by atomic mass is 19.1. The van der Waals surface area contributed by atoms with Gasteiger partial charge in [0.25, 0.3) is 0 Å². The molecule has 1 fully saturated rings. The van der Waals surface area contributed by atoms with Crippen LogP contribution in [0.4, 0.5) is 4.39 Å². The predicted octanol–water partition coefficient (Wildman–Crippen LogP) is 5.24. The quantitative estimate of drug-likeness (QED) is 0.415. The summed E-state index contributed by atoms with van der Waals surface area (Å²) >= 11 is 0. The molecule has 0 radical (unpaired) electrons. The van der Waals surface area contributed by atoms with Crippen LogP contribution in [-0.2, 0) is 4.79 Å². The van der Waals surface area contributed by atoms with Crippen LogP contribution in [0.1, 0.15) is 53.6 Å². The van der Waals surface area contributed by atoms with Crippen LogP contribution in [0.5, 0.6) is 11.5 Å². The molecule has 0 atom stereocenters. The lowest BCUT2D eigenvalue weighted by Gasteiger charge is -2.20. The number of Topliss-reactive ketones (excluding diaryl/α,β-unsaturated/α-hetero) is 1. The zero-order valence-electron chi connectivity index (χ0n) is 15.7. The Labute approximate surface area is 163 Å². The Hall–Kier alpha value is -2.95. The minimum atomic E-state index is -0.384. The molecule has 0 saturated heterocycles. The molecule has 4 nitrogen and oxygen atoms in total. The van der Waals surface area contributed by atoms with E-state index in [9.17, 15) is 14.0 Å². The van der Waals surface area contributed by atoms with Crippen molar-refractivity contribution in [3.8, 4) is 11.5 Å². The van der Waals surface area contributed by atoms with Gasteiger partial charge in [0.2, 0.25) is 5.78 Å². The van der Waals surface area contributed by atoms with E-state index in [0.29, 0.717) is 28.2 Å². The highest BCUT2D eigenvalue weighted by molar-refractivity contribution is 6.15. The maximum atomic E-state index is 13.4. The normalized spacial score (nSPS) is 18.1. The van der Waals surface area contributed by atoms with Gasteiger partial charge in [-0.1, -0.05) is 31.4 Å². The van der Waals surface area contributed by atoms with E-state index in [2.05, 4.69) is 0 Å². The number of ether oxygens (including phenoxy) is 2. The van der Waals surface area contributed by atoms with E-state index >= 15 is 0 Å². The summed E-state index contributed by atoms with van der Waals surface area (Å²) in [5.74, 6) is -0.0651. The molecule has 2 aromatic carbocycles. The number of hydrogen-bond donors (Lipinski definition) is 0. The summed E-state index contributed by atoms with van der Waals surface area (Å²) < 4.78 is 24.7. The summed E-state index contributed by atoms with van der Waals surface area (Å²) in [4.78, 5) is 25.1. The number of carbonyl (C=O) groups is 2. The largest absolute Gasteiger partial charge is 0.452 e. The maximum Gasteiger partial charge on any atom is 0.314 e. The summed E-state index contributed by atoms with van der Waals surface area (Å²) in [6, 6.07) is 9.20. The van der Waals surface area contributed by atoms with E-state index in [-0.39, 0.29) is 29.2 Å². The van der Waals surface area contributed by atoms with Gasteiger partial charge >= 0.3 is 5.97 Å². The van der Waals surface area contributed by atoms with Gasteiger partial charge in [-0.05, 0) is 55.2 Å². The number of hydrogen-bond acceptors (Lipinski definition) is 4. The van der Waals surface area contributed by atoms with Crippen molar-refractivity contribution >= 4 is 17.8 Å². The molecule has 28 heavy (non-hydrogen) atoms. The van der Waals surface area contributed by atoms with Gasteiger partial charge in [-0.25, -0.2) is 4.39 Å². The van der Waals surface area contributed by atoms with Crippen LogP contribution < -0.4 is 9.47 Å². The molecule has 0 N–H and O–H groups in total. The number of carbonyl (C=O) groups excluding carboxylic acids is 2. The van der Waals surface area contributed by atoms with Gasteiger partial charge in [-0.2, -0.15) is 0 Å². The predicted molar refractivity (Wildman–Crippen MR) is 103 cm³/mol. The lowest BCUT2D eigenvalue weighted by atomic mass is 9.89. The van der Waals surface area contributed by atoms with Crippen LogP contribution in [0, 0.1) is 18.7 Å². The van der Waals surface area contributed by atoms with E-state index < -0.39 is 0 Å². The molecule has 1 aliphatic heterocycles. The van der Waals surface area contributed by atoms with Crippen molar-refractivity contribution in [2.75, 3.05) is 0 Å². The van der Waals surface area contributed by atoms with Gasteiger partial charge in [0.05, 0.1) is 11.5 Å². The van der Waals surface area contributed by atoms with Gasteiger partial charge in [0.15, 0.2) is 5.76 Å². The first kappa shape index (κ1) is 18.4. The number of fused-ring (bicyclic) bond motifs is 1. The first-order valence-corrected chi connectivity index (χ1v) is 9.57. The van der Waals surface area contributed by atoms with Crippen LogP contribution in [0.3, 0.4) is 0 Å². The fourth-order valence-electron chi connectivity index (χ4n) is 3.82. The first-order valence-electron chi connectivity index (χ1n) is 9.57. The summed E-state index contributed by atoms with van der Waals surface area (Å²) in [5.41, 5.74) is 1.66. The van der Waals surface area contributed by atoms with E-state index in [0.717, 1.165) is 32.1 Å². The van der Waals surface area contributed by atoms with Gasteiger partial charge in [-0.15, -0.1) is 0 Å². The Kier molecular flexibility index (Phi) is 4.99. The molecule has 0 amide bonds. The number of allylic oxidation sites excluding steroid dienone is 1. The number of esters is 1. The van der Waals surface area contributed by atoms with Gasteiger partial charge in [-0.3, -0.25) is 9.59 Å². The molecular weight excluding hydrogens is 359 g/mol. The zero-order valence-corrected chi connectivity index (χ0v) is 15.7. The van der Waals surface area contributed by atoms with E-state index in [1.54, 1.807) is 31.2 Å². The molecular formula is C23H21FO4. The van der Waals surface area contributed by atoms with Gasteiger partial charge in [0.1, 0.15) is 17.3 Å². The minimum absolute atomic E-state index is 0.0618. The third kappa shape index (κ3) is 3.70. The van der Waals surface area contributed by atoms with E-state index in [1.807, 2.05) is 0 Å². The van der Waals surface area contributed by atoms with Crippen LogP contribution in [0.2, 0.25) is 0 Å². The number of benzene rings is 2. The molecule has 0 unspecified atom stereocenters. The molecule has 0 aromatic heterocycles. The standard InChI is InChI=1S/C23H21FO4/c1-14-10-18(27-23(26)16-7-3-2-4-8-16)13-19-21(14)22(25)20(28-19)12-15-6-5-9-17(24)11-15/h5-6,9-13,16H,2-4,7-8H2,1H3/b20-12-. The molecule has 1 aliphatic carbocycles. The zero-order chi connectivity index (χ0) is 19.7. The molecule has 1 heterocycles. The second kappa shape index (κ2) is 7.58. The second-order valence-corrected chi connectivity index (χ2v) is 7.36. The summed E-state index contributed by atoms with van der Waals surface area (Å²) in [7, 11) is 0. The maximum absolute atomic E-state index is 13.4. The van der Waals surface area contributed by atoms with Gasteiger partial charge in [0, 0.05) is 6.07 Å². The van der Waals surface area contributed by atoms with E-state index in [1.165, 1.54) is 18.2 Å². The Balaban J connectivity index is 1.57. The fourth-order valence-corrected chi connectivity index (χ4v) is 3.82. The molecule has 1 saturated carbocycles. The number of halogens is 1. The van der Waals surface area contributed by atoms with Crippen molar-refractivity contribution in [2.45, 2.75) is 39.0 Å². The van der Waals surface area contributed by atoms with Crippen molar-refractivity contribution in [1.29, 1.82) is 0 Å². The summed E-state index contributed by atoms with van der Waals surface area (Å²) in [6.45, 7) is 1.78. The van der Waals surface area contributed by atoms with Crippen LogP contribution in [0.15, 0.2) is 42.2 Å².